The first kappa shape index (κ1) is 14.7. The van der Waals surface area contributed by atoms with E-state index in [2.05, 4.69) is 12.2 Å². The number of hydrogen-bond donors (Lipinski definition) is 3. The molecule has 0 heterocycles. The molecular weight excluding hydrogens is 216 g/mol. The minimum Gasteiger partial charge on any atom is -0.382 e. The molecule has 2 atom stereocenters. The van der Waals surface area contributed by atoms with E-state index in [1.807, 2.05) is 0 Å². The Kier molecular flexibility index (Phi) is 6.89. The number of rotatable bonds is 6. The summed E-state index contributed by atoms with van der Waals surface area (Å²) in [4.78, 5) is 11.4. The van der Waals surface area contributed by atoms with Crippen LogP contribution in [0.2, 0.25) is 0 Å². The van der Waals surface area contributed by atoms with Crippen molar-refractivity contribution in [2.24, 2.45) is 5.73 Å². The minimum absolute atomic E-state index is 0. The molecule has 0 saturated heterocycles. The molecule has 15 heavy (non-hydrogen) atoms. The lowest BCUT2D eigenvalue weighted by molar-refractivity contribution is -0.130. The van der Waals surface area contributed by atoms with Gasteiger partial charge in [-0.3, -0.25) is 4.79 Å². The number of carbonyl (C=O) groups is 1. The van der Waals surface area contributed by atoms with E-state index in [9.17, 15) is 9.90 Å². The Labute approximate surface area is 97.0 Å². The van der Waals surface area contributed by atoms with Gasteiger partial charge in [0.25, 0.3) is 5.91 Å². The maximum absolute atomic E-state index is 11.4. The second-order valence-corrected chi connectivity index (χ2v) is 4.03. The molecule has 0 aromatic heterocycles. The van der Waals surface area contributed by atoms with Gasteiger partial charge in [0.05, 0.1) is 0 Å². The van der Waals surface area contributed by atoms with Gasteiger partial charge in [0.15, 0.2) is 0 Å². The second kappa shape index (κ2) is 7.04. The molecule has 1 aliphatic carbocycles. The highest BCUT2D eigenvalue weighted by Crippen LogP contribution is 2.18. The number of halogens is 1. The second-order valence-electron chi connectivity index (χ2n) is 4.03. The maximum Gasteiger partial charge on any atom is 0.250 e. The first-order valence-electron chi connectivity index (χ1n) is 5.39. The number of amides is 1. The minimum atomic E-state index is -1.04. The van der Waals surface area contributed by atoms with Gasteiger partial charge >= 0.3 is 0 Å². The maximum atomic E-state index is 11.4. The smallest absolute Gasteiger partial charge is 0.250 e. The Balaban J connectivity index is 0.00000196. The average molecular weight is 237 g/mol. The molecule has 0 radical (unpaired) electrons. The lowest BCUT2D eigenvalue weighted by Crippen LogP contribution is -2.46. The van der Waals surface area contributed by atoms with Crippen molar-refractivity contribution in [1.82, 2.24) is 5.32 Å². The zero-order valence-electron chi connectivity index (χ0n) is 9.11. The van der Waals surface area contributed by atoms with Gasteiger partial charge in [-0.25, -0.2) is 0 Å². The highest BCUT2D eigenvalue weighted by molar-refractivity contribution is 5.85. The number of carbonyl (C=O) groups excluding carboxylic acids is 1. The summed E-state index contributed by atoms with van der Waals surface area (Å²) >= 11 is 0. The molecule has 0 aromatic carbocycles. The molecule has 4 nitrogen and oxygen atoms in total. The average Bonchev–Trinajstić information content (AvgIpc) is 2.96. The topological polar surface area (TPSA) is 75.3 Å². The fourth-order valence-corrected chi connectivity index (χ4v) is 1.31. The number of nitrogens with one attached hydrogen (secondary N) is 1. The van der Waals surface area contributed by atoms with Crippen molar-refractivity contribution in [2.45, 2.75) is 57.2 Å². The highest BCUT2D eigenvalue weighted by Gasteiger charge is 2.28. The molecule has 90 valence electrons. The van der Waals surface area contributed by atoms with E-state index < -0.39 is 12.1 Å². The van der Waals surface area contributed by atoms with Crippen molar-refractivity contribution in [3.63, 3.8) is 0 Å². The molecule has 0 aliphatic heterocycles. The first-order chi connectivity index (χ1) is 6.65. The first-order valence-corrected chi connectivity index (χ1v) is 5.39. The summed E-state index contributed by atoms with van der Waals surface area (Å²) < 4.78 is 0. The van der Waals surface area contributed by atoms with Crippen LogP contribution < -0.4 is 11.1 Å². The molecule has 5 heteroatoms. The quantitative estimate of drug-likeness (QED) is 0.631. The van der Waals surface area contributed by atoms with Crippen molar-refractivity contribution in [1.29, 1.82) is 0 Å². The van der Waals surface area contributed by atoms with Crippen LogP contribution in [-0.4, -0.2) is 29.2 Å². The predicted octanol–water partition coefficient (Wildman–Crippen LogP) is 0.565. The van der Waals surface area contributed by atoms with E-state index in [1.54, 1.807) is 0 Å². The van der Waals surface area contributed by atoms with Crippen LogP contribution in [0.4, 0.5) is 0 Å². The van der Waals surface area contributed by atoms with Gasteiger partial charge in [0.1, 0.15) is 6.10 Å². The molecule has 0 aromatic rings. The van der Waals surface area contributed by atoms with E-state index in [-0.39, 0.29) is 24.4 Å². The summed E-state index contributed by atoms with van der Waals surface area (Å²) in [6, 6.07) is -0.135. The molecule has 0 unspecified atom stereocenters. The van der Waals surface area contributed by atoms with Crippen LogP contribution in [0, 0.1) is 0 Å². The van der Waals surface area contributed by atoms with Crippen molar-refractivity contribution in [3.05, 3.63) is 0 Å². The van der Waals surface area contributed by atoms with Gasteiger partial charge in [0.2, 0.25) is 0 Å². The Morgan fingerprint density at radius 1 is 1.60 bits per heavy atom. The summed E-state index contributed by atoms with van der Waals surface area (Å²) in [5.41, 5.74) is 5.69. The number of hydrogen-bond acceptors (Lipinski definition) is 3. The lowest BCUT2D eigenvalue weighted by Gasteiger charge is -2.17. The molecule has 1 saturated carbocycles. The van der Waals surface area contributed by atoms with Gasteiger partial charge in [0, 0.05) is 12.1 Å². The van der Waals surface area contributed by atoms with Crippen LogP contribution in [0.25, 0.3) is 0 Å². The van der Waals surface area contributed by atoms with Crippen LogP contribution in [0.15, 0.2) is 0 Å². The van der Waals surface area contributed by atoms with Gasteiger partial charge in [-0.15, -0.1) is 12.4 Å². The third-order valence-corrected chi connectivity index (χ3v) is 2.49. The van der Waals surface area contributed by atoms with Crippen molar-refractivity contribution in [2.75, 3.05) is 0 Å². The van der Waals surface area contributed by atoms with Gasteiger partial charge in [-0.05, 0) is 19.3 Å². The van der Waals surface area contributed by atoms with Crippen LogP contribution in [-0.2, 0) is 4.79 Å². The number of nitrogens with two attached hydrogens (primary N) is 1. The summed E-state index contributed by atoms with van der Waals surface area (Å²) in [5, 5.41) is 12.3. The van der Waals surface area contributed by atoms with E-state index >= 15 is 0 Å². The van der Waals surface area contributed by atoms with E-state index in [0.29, 0.717) is 6.42 Å². The molecule has 1 aliphatic rings. The SMILES string of the molecule is CCCC[C@H](N)[C@H](O)C(=O)NC1CC1.Cl. The van der Waals surface area contributed by atoms with Gasteiger partial charge in [-0.1, -0.05) is 19.8 Å². The highest BCUT2D eigenvalue weighted by atomic mass is 35.5. The monoisotopic (exact) mass is 236 g/mol. The third kappa shape index (κ3) is 5.35. The molecule has 1 rings (SSSR count). The molecule has 0 spiro atoms. The molecular formula is C10H21ClN2O2. The summed E-state index contributed by atoms with van der Waals surface area (Å²) in [7, 11) is 0. The van der Waals surface area contributed by atoms with Crippen LogP contribution in [0.1, 0.15) is 39.0 Å². The molecule has 1 amide bonds. The summed E-state index contributed by atoms with van der Waals surface area (Å²) in [5.74, 6) is -0.309. The van der Waals surface area contributed by atoms with E-state index in [4.69, 9.17) is 5.73 Å². The summed E-state index contributed by atoms with van der Waals surface area (Å²) in [6.45, 7) is 2.06. The largest absolute Gasteiger partial charge is 0.382 e. The lowest BCUT2D eigenvalue weighted by atomic mass is 10.0. The molecule has 4 N–H and O–H groups in total. The Morgan fingerprint density at radius 2 is 2.20 bits per heavy atom. The Morgan fingerprint density at radius 3 is 2.67 bits per heavy atom. The fourth-order valence-electron chi connectivity index (χ4n) is 1.31. The Bertz CT molecular complexity index is 198. The normalized spacial score (nSPS) is 18.9. The van der Waals surface area contributed by atoms with Crippen molar-refractivity contribution < 1.29 is 9.90 Å². The van der Waals surface area contributed by atoms with Crippen molar-refractivity contribution >= 4 is 18.3 Å². The number of aliphatic hydroxyl groups excluding tert-OH is 1. The number of aliphatic hydroxyl groups is 1. The van der Waals surface area contributed by atoms with Gasteiger partial charge < -0.3 is 16.2 Å². The predicted molar refractivity (Wildman–Crippen MR) is 61.9 cm³/mol. The summed E-state index contributed by atoms with van der Waals surface area (Å²) in [6.07, 6.45) is 3.71. The van der Waals surface area contributed by atoms with E-state index in [1.165, 1.54) is 0 Å². The number of unbranched alkanes of at least 4 members (excludes halogenated alkanes) is 1. The van der Waals surface area contributed by atoms with Crippen molar-refractivity contribution in [3.8, 4) is 0 Å². The zero-order valence-corrected chi connectivity index (χ0v) is 9.93. The molecule has 0 bridgehead atoms. The van der Waals surface area contributed by atoms with Gasteiger partial charge in [-0.2, -0.15) is 0 Å². The third-order valence-electron chi connectivity index (χ3n) is 2.49. The standard InChI is InChI=1S/C10H20N2O2.ClH/c1-2-3-4-8(11)9(13)10(14)12-7-5-6-7;/h7-9,13H,2-6,11H2,1H3,(H,12,14);1H/t8-,9-;/m0./s1. The Hall–Kier alpha value is -0.320. The van der Waals surface area contributed by atoms with Crippen LogP contribution in [0.5, 0.6) is 0 Å². The van der Waals surface area contributed by atoms with Crippen LogP contribution >= 0.6 is 12.4 Å². The molecule has 1 fully saturated rings. The van der Waals surface area contributed by atoms with Crippen LogP contribution in [0.3, 0.4) is 0 Å². The zero-order chi connectivity index (χ0) is 10.6. The fraction of sp³-hybridized carbons (Fsp3) is 0.900. The van der Waals surface area contributed by atoms with E-state index in [0.717, 1.165) is 25.7 Å².